The van der Waals surface area contributed by atoms with Gasteiger partial charge in [-0.3, -0.25) is 0 Å². The van der Waals surface area contributed by atoms with E-state index in [1.165, 1.54) is 0 Å². The Labute approximate surface area is 102 Å². The quantitative estimate of drug-likeness (QED) is 0.617. The van der Waals surface area contributed by atoms with E-state index in [2.05, 4.69) is 44.1 Å². The maximum absolute atomic E-state index is 5.94. The van der Waals surface area contributed by atoms with Gasteiger partial charge in [0.25, 0.3) is 0 Å². The second kappa shape index (κ2) is 4.85. The van der Waals surface area contributed by atoms with E-state index in [9.17, 15) is 0 Å². The molecule has 0 bridgehead atoms. The first kappa shape index (κ1) is 13.7. The Kier molecular flexibility index (Phi) is 4.15. The van der Waals surface area contributed by atoms with Crippen molar-refractivity contribution in [3.05, 3.63) is 11.8 Å². The van der Waals surface area contributed by atoms with Gasteiger partial charge < -0.3 is 8.84 Å². The minimum Gasteiger partial charge on any atom is -0.421 e. The Morgan fingerprint density at radius 1 is 1.25 bits per heavy atom. The van der Waals surface area contributed by atoms with E-state index in [4.69, 9.17) is 20.4 Å². The molecule has 4 nitrogen and oxygen atoms in total. The standard InChI is InChI=1S/C10H19ClN2O2Si/c1-10(2,3)16(4,5)14-7-9-13-12-8(6-11)15-9/h6-7H2,1-5H3. The highest BCUT2D eigenvalue weighted by Crippen LogP contribution is 2.36. The molecule has 6 heteroatoms. The van der Waals surface area contributed by atoms with Crippen LogP contribution in [-0.4, -0.2) is 18.5 Å². The highest BCUT2D eigenvalue weighted by Gasteiger charge is 2.37. The molecule has 92 valence electrons. The molecule has 0 aromatic carbocycles. The number of aromatic nitrogens is 2. The lowest BCUT2D eigenvalue weighted by Gasteiger charge is -2.35. The molecule has 0 spiro atoms. The van der Waals surface area contributed by atoms with Gasteiger partial charge in [0.15, 0.2) is 8.32 Å². The number of hydrogen-bond acceptors (Lipinski definition) is 4. The lowest BCUT2D eigenvalue weighted by Crippen LogP contribution is -2.40. The molecular weight excluding hydrogens is 244 g/mol. The third kappa shape index (κ3) is 3.30. The first-order chi connectivity index (χ1) is 7.26. The summed E-state index contributed by atoms with van der Waals surface area (Å²) in [6, 6.07) is 0. The number of nitrogens with zero attached hydrogens (tertiary/aromatic N) is 2. The van der Waals surface area contributed by atoms with Gasteiger partial charge in [-0.15, -0.1) is 21.8 Å². The fourth-order valence-electron chi connectivity index (χ4n) is 0.859. The van der Waals surface area contributed by atoms with E-state index in [0.717, 1.165) is 0 Å². The summed E-state index contributed by atoms with van der Waals surface area (Å²) in [5, 5.41) is 7.84. The average Bonchev–Trinajstić information content (AvgIpc) is 2.60. The molecule has 0 unspecified atom stereocenters. The maximum atomic E-state index is 5.94. The molecule has 0 N–H and O–H groups in total. The van der Waals surface area contributed by atoms with Gasteiger partial charge in [0.2, 0.25) is 11.8 Å². The van der Waals surface area contributed by atoms with Crippen LogP contribution < -0.4 is 0 Å². The smallest absolute Gasteiger partial charge is 0.240 e. The second-order valence-electron chi connectivity index (χ2n) is 5.27. The normalized spacial score (nSPS) is 13.1. The molecule has 0 aliphatic rings. The minimum absolute atomic E-state index is 0.183. The van der Waals surface area contributed by atoms with E-state index in [0.29, 0.717) is 18.4 Å². The molecule has 1 heterocycles. The maximum Gasteiger partial charge on any atom is 0.240 e. The van der Waals surface area contributed by atoms with E-state index < -0.39 is 8.32 Å². The van der Waals surface area contributed by atoms with E-state index in [1.807, 2.05) is 0 Å². The zero-order chi connectivity index (χ0) is 12.4. The predicted molar refractivity (Wildman–Crippen MR) is 65.8 cm³/mol. The van der Waals surface area contributed by atoms with E-state index in [1.54, 1.807) is 0 Å². The highest BCUT2D eigenvalue weighted by molar-refractivity contribution is 6.74. The van der Waals surface area contributed by atoms with Crippen LogP contribution in [-0.2, 0) is 16.9 Å². The van der Waals surface area contributed by atoms with Crippen LogP contribution in [0.3, 0.4) is 0 Å². The average molecular weight is 263 g/mol. The predicted octanol–water partition coefficient (Wildman–Crippen LogP) is 3.33. The molecule has 0 aliphatic carbocycles. The van der Waals surface area contributed by atoms with Crippen LogP contribution in [0.1, 0.15) is 32.6 Å². The van der Waals surface area contributed by atoms with Crippen LogP contribution >= 0.6 is 11.6 Å². The van der Waals surface area contributed by atoms with Crippen molar-refractivity contribution in [2.75, 3.05) is 0 Å². The Bertz CT molecular complexity index is 347. The van der Waals surface area contributed by atoms with Crippen molar-refractivity contribution in [1.82, 2.24) is 10.2 Å². The fraction of sp³-hybridized carbons (Fsp3) is 0.800. The summed E-state index contributed by atoms with van der Waals surface area (Å²) < 4.78 is 11.2. The van der Waals surface area contributed by atoms with Gasteiger partial charge in [-0.05, 0) is 18.1 Å². The second-order valence-corrected chi connectivity index (χ2v) is 10.3. The van der Waals surface area contributed by atoms with Crippen molar-refractivity contribution in [1.29, 1.82) is 0 Å². The van der Waals surface area contributed by atoms with Gasteiger partial charge in [-0.2, -0.15) is 0 Å². The first-order valence-corrected chi connectivity index (χ1v) is 8.72. The monoisotopic (exact) mass is 262 g/mol. The summed E-state index contributed by atoms with van der Waals surface area (Å²) in [4.78, 5) is 0. The minimum atomic E-state index is -1.75. The fourth-order valence-corrected chi connectivity index (χ4v) is 1.88. The van der Waals surface area contributed by atoms with Crippen molar-refractivity contribution >= 4 is 19.9 Å². The zero-order valence-electron chi connectivity index (χ0n) is 10.5. The molecule has 0 fully saturated rings. The van der Waals surface area contributed by atoms with Crippen molar-refractivity contribution in [2.45, 2.75) is 51.4 Å². The van der Waals surface area contributed by atoms with Gasteiger partial charge in [0.05, 0.1) is 0 Å². The van der Waals surface area contributed by atoms with Gasteiger partial charge in [0, 0.05) is 0 Å². The summed E-state index contributed by atoms with van der Waals surface area (Å²) >= 11 is 5.57. The molecule has 0 amide bonds. The molecule has 1 aromatic heterocycles. The van der Waals surface area contributed by atoms with Crippen LogP contribution in [0.2, 0.25) is 18.1 Å². The molecule has 0 radical (unpaired) electrons. The van der Waals surface area contributed by atoms with Crippen LogP contribution in [0.15, 0.2) is 4.42 Å². The molecular formula is C10H19ClN2O2Si. The summed E-state index contributed by atoms with van der Waals surface area (Å²) in [6.07, 6.45) is 0. The molecule has 16 heavy (non-hydrogen) atoms. The molecule has 0 atom stereocenters. The van der Waals surface area contributed by atoms with Crippen molar-refractivity contribution in [3.63, 3.8) is 0 Å². The van der Waals surface area contributed by atoms with Crippen LogP contribution in [0.25, 0.3) is 0 Å². The van der Waals surface area contributed by atoms with Gasteiger partial charge in [0.1, 0.15) is 12.5 Å². The lowest BCUT2D eigenvalue weighted by molar-refractivity contribution is 0.237. The lowest BCUT2D eigenvalue weighted by atomic mass is 10.2. The van der Waals surface area contributed by atoms with E-state index in [-0.39, 0.29) is 10.9 Å². The number of rotatable bonds is 4. The third-order valence-electron chi connectivity index (χ3n) is 2.99. The van der Waals surface area contributed by atoms with Crippen molar-refractivity contribution in [2.24, 2.45) is 0 Å². The number of alkyl halides is 1. The summed E-state index contributed by atoms with van der Waals surface area (Å²) in [6.45, 7) is 11.3. The summed E-state index contributed by atoms with van der Waals surface area (Å²) in [5.41, 5.74) is 0. The largest absolute Gasteiger partial charge is 0.421 e. The summed E-state index contributed by atoms with van der Waals surface area (Å²) in [5.74, 6) is 1.18. The van der Waals surface area contributed by atoms with Gasteiger partial charge in [-0.1, -0.05) is 20.8 Å². The van der Waals surface area contributed by atoms with Crippen molar-refractivity contribution in [3.8, 4) is 0 Å². The van der Waals surface area contributed by atoms with Crippen LogP contribution in [0.5, 0.6) is 0 Å². The molecule has 1 rings (SSSR count). The van der Waals surface area contributed by atoms with E-state index >= 15 is 0 Å². The number of halogens is 1. The molecule has 1 aromatic rings. The highest BCUT2D eigenvalue weighted by atomic mass is 35.5. The van der Waals surface area contributed by atoms with Crippen LogP contribution in [0, 0.1) is 0 Å². The molecule has 0 saturated heterocycles. The van der Waals surface area contributed by atoms with Gasteiger partial charge >= 0.3 is 0 Å². The Morgan fingerprint density at radius 2 is 1.81 bits per heavy atom. The topological polar surface area (TPSA) is 48.2 Å². The summed E-state index contributed by atoms with van der Waals surface area (Å²) in [7, 11) is -1.75. The van der Waals surface area contributed by atoms with Crippen LogP contribution in [0.4, 0.5) is 0 Å². The SMILES string of the molecule is CC(C)(C)[Si](C)(C)OCc1nnc(CCl)o1. The third-order valence-corrected chi connectivity index (χ3v) is 7.69. The number of hydrogen-bond donors (Lipinski definition) is 0. The Hall–Kier alpha value is -0.393. The Morgan fingerprint density at radius 3 is 2.25 bits per heavy atom. The Balaban J connectivity index is 2.57. The molecule has 0 aliphatic heterocycles. The van der Waals surface area contributed by atoms with Crippen molar-refractivity contribution < 1.29 is 8.84 Å². The zero-order valence-corrected chi connectivity index (χ0v) is 12.3. The molecule has 0 saturated carbocycles. The first-order valence-electron chi connectivity index (χ1n) is 5.27. The van der Waals surface area contributed by atoms with Gasteiger partial charge in [-0.25, -0.2) is 0 Å².